The maximum Gasteiger partial charge on any atom is 0.0936 e. The van der Waals surface area contributed by atoms with Crippen LogP contribution in [-0.4, -0.2) is 13.0 Å². The molecule has 0 saturated carbocycles. The van der Waals surface area contributed by atoms with Gasteiger partial charge in [0.05, 0.1) is 5.03 Å². The molecular weight excluding hydrogens is 118 g/mol. The number of rotatable bonds is 2. The van der Waals surface area contributed by atoms with Crippen LogP contribution in [0.5, 0.6) is 0 Å². The minimum absolute atomic E-state index is 1.03. The number of hydrogen-bond acceptors (Lipinski definition) is 2. The van der Waals surface area contributed by atoms with Crippen molar-refractivity contribution < 1.29 is 0 Å². The maximum absolute atomic E-state index is 3.80. The molecule has 0 N–H and O–H groups in total. The summed E-state index contributed by atoms with van der Waals surface area (Å²) in [5.41, 5.74) is 1.23. The van der Waals surface area contributed by atoms with E-state index in [9.17, 15) is 0 Å². The zero-order valence-corrected chi connectivity index (χ0v) is 6.38. The zero-order valence-electron chi connectivity index (χ0n) is 5.56. The lowest BCUT2D eigenvalue weighted by molar-refractivity contribution is 1.32. The summed E-state index contributed by atoms with van der Waals surface area (Å²) in [6.45, 7) is 7.48. The molecule has 1 nitrogen and oxygen atoms in total. The predicted octanol–water partition coefficient (Wildman–Crippen LogP) is 2.30. The summed E-state index contributed by atoms with van der Waals surface area (Å²) >= 11 is 1.63. The standard InChI is InChI=1S/C6H11NS/c1-5(2)6(7-3)8-4/h3H2,1-2,4H3. The Balaban J connectivity index is 4.07. The molecule has 2 heteroatoms. The van der Waals surface area contributed by atoms with E-state index in [-0.39, 0.29) is 0 Å². The van der Waals surface area contributed by atoms with Gasteiger partial charge in [-0.15, -0.1) is 11.8 Å². The molecule has 0 aromatic heterocycles. The van der Waals surface area contributed by atoms with Crippen LogP contribution in [-0.2, 0) is 0 Å². The molecule has 0 saturated heterocycles. The van der Waals surface area contributed by atoms with Crippen LogP contribution in [0.2, 0.25) is 0 Å². The molecule has 46 valence electrons. The average Bonchev–Trinajstić information content (AvgIpc) is 1.69. The number of hydrogen-bond donors (Lipinski definition) is 0. The lowest BCUT2D eigenvalue weighted by Gasteiger charge is -1.95. The van der Waals surface area contributed by atoms with Crippen LogP contribution in [0.3, 0.4) is 0 Å². The third-order valence-corrected chi connectivity index (χ3v) is 1.69. The predicted molar refractivity (Wildman–Crippen MR) is 41.4 cm³/mol. The molecule has 0 heterocycles. The van der Waals surface area contributed by atoms with Gasteiger partial charge in [-0.25, -0.2) is 0 Å². The Kier molecular flexibility index (Phi) is 3.61. The van der Waals surface area contributed by atoms with Crippen molar-refractivity contribution in [1.29, 1.82) is 0 Å². The number of nitrogens with zero attached hydrogens (tertiary/aromatic N) is 1. The van der Waals surface area contributed by atoms with E-state index in [0.29, 0.717) is 0 Å². The van der Waals surface area contributed by atoms with Gasteiger partial charge in [0.15, 0.2) is 0 Å². The van der Waals surface area contributed by atoms with Crippen molar-refractivity contribution in [3.63, 3.8) is 0 Å². The van der Waals surface area contributed by atoms with Crippen molar-refractivity contribution in [2.75, 3.05) is 6.26 Å². The smallest absolute Gasteiger partial charge is 0.0936 e. The summed E-state index contributed by atoms with van der Waals surface area (Å²) in [6.07, 6.45) is 2.00. The minimum atomic E-state index is 1.03. The summed E-state index contributed by atoms with van der Waals surface area (Å²) in [5.74, 6) is 0. The first-order valence-electron chi connectivity index (χ1n) is 2.40. The van der Waals surface area contributed by atoms with Crippen LogP contribution < -0.4 is 0 Å². The van der Waals surface area contributed by atoms with Gasteiger partial charge in [0, 0.05) is 0 Å². The van der Waals surface area contributed by atoms with Gasteiger partial charge in [0.25, 0.3) is 0 Å². The van der Waals surface area contributed by atoms with Crippen LogP contribution in [0.15, 0.2) is 15.6 Å². The average molecular weight is 129 g/mol. The van der Waals surface area contributed by atoms with Gasteiger partial charge in [-0.2, -0.15) is 0 Å². The maximum atomic E-state index is 3.80. The molecule has 0 bridgehead atoms. The summed E-state index contributed by atoms with van der Waals surface area (Å²) in [6, 6.07) is 0. The van der Waals surface area contributed by atoms with E-state index in [0.717, 1.165) is 5.03 Å². The molecule has 0 aliphatic rings. The third-order valence-electron chi connectivity index (χ3n) is 0.765. The van der Waals surface area contributed by atoms with Crippen LogP contribution in [0.4, 0.5) is 0 Å². The summed E-state index contributed by atoms with van der Waals surface area (Å²) in [5, 5.41) is 1.03. The number of thioether (sulfide) groups is 1. The Morgan fingerprint density at radius 1 is 1.50 bits per heavy atom. The fourth-order valence-corrected chi connectivity index (χ4v) is 0.964. The third kappa shape index (κ3) is 2.17. The fourth-order valence-electron chi connectivity index (χ4n) is 0.427. The molecule has 0 spiro atoms. The van der Waals surface area contributed by atoms with Crippen LogP contribution in [0.25, 0.3) is 0 Å². The van der Waals surface area contributed by atoms with Crippen molar-refractivity contribution in [2.24, 2.45) is 4.99 Å². The first kappa shape index (κ1) is 7.76. The monoisotopic (exact) mass is 129 g/mol. The fraction of sp³-hybridized carbons (Fsp3) is 0.500. The van der Waals surface area contributed by atoms with Gasteiger partial charge in [-0.3, -0.25) is 4.99 Å². The van der Waals surface area contributed by atoms with Crippen molar-refractivity contribution >= 4 is 18.5 Å². The second-order valence-corrected chi connectivity index (χ2v) is 2.46. The molecule has 0 unspecified atom stereocenters. The summed E-state index contributed by atoms with van der Waals surface area (Å²) in [7, 11) is 0. The zero-order chi connectivity index (χ0) is 6.57. The molecule has 0 aromatic rings. The summed E-state index contributed by atoms with van der Waals surface area (Å²) < 4.78 is 0. The van der Waals surface area contributed by atoms with Crippen molar-refractivity contribution in [2.45, 2.75) is 13.8 Å². The van der Waals surface area contributed by atoms with E-state index in [2.05, 4.69) is 11.7 Å². The Labute approximate surface area is 54.9 Å². The van der Waals surface area contributed by atoms with E-state index >= 15 is 0 Å². The van der Waals surface area contributed by atoms with E-state index in [1.165, 1.54) is 5.57 Å². The van der Waals surface area contributed by atoms with Crippen molar-refractivity contribution in [1.82, 2.24) is 0 Å². The Morgan fingerprint density at radius 3 is 2.00 bits per heavy atom. The van der Waals surface area contributed by atoms with Crippen molar-refractivity contribution in [3.05, 3.63) is 10.6 Å². The van der Waals surface area contributed by atoms with Crippen molar-refractivity contribution in [3.8, 4) is 0 Å². The molecule has 0 aliphatic heterocycles. The quantitative estimate of drug-likeness (QED) is 0.521. The summed E-state index contributed by atoms with van der Waals surface area (Å²) in [4.78, 5) is 3.80. The van der Waals surface area contributed by atoms with E-state index < -0.39 is 0 Å². The highest BCUT2D eigenvalue weighted by molar-refractivity contribution is 8.02. The molecule has 0 aromatic carbocycles. The molecule has 0 rings (SSSR count). The van der Waals surface area contributed by atoms with Gasteiger partial charge in [-0.05, 0) is 32.4 Å². The van der Waals surface area contributed by atoms with Gasteiger partial charge < -0.3 is 0 Å². The first-order valence-corrected chi connectivity index (χ1v) is 3.63. The molecule has 8 heavy (non-hydrogen) atoms. The van der Waals surface area contributed by atoms with E-state index in [1.807, 2.05) is 20.1 Å². The normalized spacial score (nSPS) is 8.38. The SMILES string of the molecule is C=NC(SC)=C(C)C. The van der Waals surface area contributed by atoms with Crippen LogP contribution in [0.1, 0.15) is 13.8 Å². The Morgan fingerprint density at radius 2 is 2.00 bits per heavy atom. The van der Waals surface area contributed by atoms with Crippen LogP contribution in [0, 0.1) is 0 Å². The highest BCUT2D eigenvalue weighted by Crippen LogP contribution is 2.15. The number of allylic oxidation sites excluding steroid dienone is 1. The molecule has 0 radical (unpaired) electrons. The van der Waals surface area contributed by atoms with E-state index in [4.69, 9.17) is 0 Å². The Bertz CT molecular complexity index is 112. The van der Waals surface area contributed by atoms with Gasteiger partial charge in [0.2, 0.25) is 0 Å². The lowest BCUT2D eigenvalue weighted by atomic mass is 10.4. The van der Waals surface area contributed by atoms with Crippen LogP contribution >= 0.6 is 11.8 Å². The Hall–Kier alpha value is -0.240. The molecule has 0 amide bonds. The minimum Gasteiger partial charge on any atom is -0.258 e. The molecule has 0 fully saturated rings. The second kappa shape index (κ2) is 3.72. The highest BCUT2D eigenvalue weighted by atomic mass is 32.2. The molecule has 0 aliphatic carbocycles. The molecule has 0 atom stereocenters. The molecular formula is C6H11NS. The largest absolute Gasteiger partial charge is 0.258 e. The van der Waals surface area contributed by atoms with Gasteiger partial charge >= 0.3 is 0 Å². The van der Waals surface area contributed by atoms with E-state index in [1.54, 1.807) is 11.8 Å². The highest BCUT2D eigenvalue weighted by Gasteiger charge is 1.88. The van der Waals surface area contributed by atoms with Gasteiger partial charge in [0.1, 0.15) is 0 Å². The topological polar surface area (TPSA) is 12.4 Å². The van der Waals surface area contributed by atoms with Gasteiger partial charge in [-0.1, -0.05) is 0 Å². The second-order valence-electron chi connectivity index (χ2n) is 1.67. The first-order chi connectivity index (χ1) is 3.72. The lowest BCUT2D eigenvalue weighted by Crippen LogP contribution is -1.71. The number of aliphatic imine (C=N–C) groups is 1.